The van der Waals surface area contributed by atoms with Gasteiger partial charge in [0, 0.05) is 25.7 Å². The topological polar surface area (TPSA) is 28.6 Å². The summed E-state index contributed by atoms with van der Waals surface area (Å²) in [7, 11) is 5.95. The number of aromatic nitrogens is 1. The van der Waals surface area contributed by atoms with E-state index in [1.165, 1.54) is 12.1 Å². The number of nitrogens with zero attached hydrogens (tertiary/aromatic N) is 3. The first-order valence-corrected chi connectivity index (χ1v) is 7.87. The van der Waals surface area contributed by atoms with Gasteiger partial charge in [-0.25, -0.2) is 4.98 Å². The zero-order chi connectivity index (χ0) is 18.2. The van der Waals surface area contributed by atoms with E-state index in [-0.39, 0.29) is 12.0 Å². The monoisotopic (exact) mass is 345 g/mol. The van der Waals surface area contributed by atoms with Gasteiger partial charge in [-0.1, -0.05) is 12.1 Å². The maximum absolute atomic E-state index is 12.7. The molecule has 0 spiro atoms. The fourth-order valence-corrected chi connectivity index (χ4v) is 2.11. The number of ether oxygens (including phenoxy) is 1. The summed E-state index contributed by atoms with van der Waals surface area (Å²) < 4.78 is 44.0. The van der Waals surface area contributed by atoms with Gasteiger partial charge in [0.2, 0.25) is 5.88 Å². The SMILES string of the molecule is C=CCCC(CN(C)CCN(C)C)Oc1cccc(C(F)(F)F)n1. The molecule has 1 atom stereocenters. The second kappa shape index (κ2) is 9.64. The Morgan fingerprint density at radius 3 is 2.54 bits per heavy atom. The summed E-state index contributed by atoms with van der Waals surface area (Å²) in [6.07, 6.45) is -1.54. The van der Waals surface area contributed by atoms with Crippen molar-refractivity contribution >= 4 is 0 Å². The molecule has 1 aromatic heterocycles. The van der Waals surface area contributed by atoms with Gasteiger partial charge in [0.15, 0.2) is 0 Å². The number of rotatable bonds is 10. The third kappa shape index (κ3) is 7.79. The van der Waals surface area contributed by atoms with Crippen LogP contribution < -0.4 is 4.74 Å². The molecule has 0 fully saturated rings. The average molecular weight is 345 g/mol. The van der Waals surface area contributed by atoms with Gasteiger partial charge in [-0.3, -0.25) is 0 Å². The zero-order valence-corrected chi connectivity index (χ0v) is 14.5. The molecule has 0 saturated heterocycles. The first-order valence-electron chi connectivity index (χ1n) is 7.87. The van der Waals surface area contributed by atoms with Crippen LogP contribution in [-0.2, 0) is 6.18 Å². The summed E-state index contributed by atoms with van der Waals surface area (Å²) >= 11 is 0. The van der Waals surface area contributed by atoms with Crippen molar-refractivity contribution in [1.29, 1.82) is 0 Å². The van der Waals surface area contributed by atoms with Crippen LogP contribution in [0, 0.1) is 0 Å². The maximum Gasteiger partial charge on any atom is 0.433 e. The van der Waals surface area contributed by atoms with Crippen molar-refractivity contribution in [2.45, 2.75) is 25.1 Å². The molecule has 0 radical (unpaired) electrons. The van der Waals surface area contributed by atoms with E-state index in [0.29, 0.717) is 13.0 Å². The molecule has 24 heavy (non-hydrogen) atoms. The van der Waals surface area contributed by atoms with E-state index in [1.807, 2.05) is 21.1 Å². The molecule has 1 rings (SSSR count). The molecule has 0 aliphatic heterocycles. The summed E-state index contributed by atoms with van der Waals surface area (Å²) in [4.78, 5) is 7.75. The predicted octanol–water partition coefficient (Wildman–Crippen LogP) is 3.31. The summed E-state index contributed by atoms with van der Waals surface area (Å²) in [5.41, 5.74) is -0.941. The van der Waals surface area contributed by atoms with Gasteiger partial charge in [0.25, 0.3) is 0 Å². The zero-order valence-electron chi connectivity index (χ0n) is 14.5. The van der Waals surface area contributed by atoms with Crippen LogP contribution in [-0.4, -0.2) is 61.7 Å². The average Bonchev–Trinajstić information content (AvgIpc) is 2.50. The number of hydrogen-bond acceptors (Lipinski definition) is 4. The second-order valence-electron chi connectivity index (χ2n) is 6.03. The fraction of sp³-hybridized carbons (Fsp3) is 0.588. The highest BCUT2D eigenvalue weighted by Crippen LogP contribution is 2.28. The number of hydrogen-bond donors (Lipinski definition) is 0. The van der Waals surface area contributed by atoms with Crippen molar-refractivity contribution < 1.29 is 17.9 Å². The van der Waals surface area contributed by atoms with Gasteiger partial charge in [-0.05, 0) is 40.1 Å². The Hall–Kier alpha value is -1.60. The minimum Gasteiger partial charge on any atom is -0.473 e. The molecule has 0 aliphatic rings. The number of allylic oxidation sites excluding steroid dienone is 1. The van der Waals surface area contributed by atoms with Crippen molar-refractivity contribution in [3.63, 3.8) is 0 Å². The third-order valence-corrected chi connectivity index (χ3v) is 3.44. The van der Waals surface area contributed by atoms with E-state index in [2.05, 4.69) is 21.4 Å². The van der Waals surface area contributed by atoms with Crippen molar-refractivity contribution in [2.75, 3.05) is 40.8 Å². The third-order valence-electron chi connectivity index (χ3n) is 3.44. The number of likely N-dealkylation sites (N-methyl/N-ethyl adjacent to an activating group) is 2. The molecule has 0 aliphatic carbocycles. The molecule has 0 bridgehead atoms. The Bertz CT molecular complexity index is 506. The molecule has 1 heterocycles. The van der Waals surface area contributed by atoms with Crippen LogP contribution in [0.15, 0.2) is 30.9 Å². The van der Waals surface area contributed by atoms with Crippen LogP contribution in [0.5, 0.6) is 5.88 Å². The number of pyridine rings is 1. The first kappa shape index (κ1) is 20.4. The lowest BCUT2D eigenvalue weighted by Crippen LogP contribution is -2.37. The smallest absolute Gasteiger partial charge is 0.433 e. The van der Waals surface area contributed by atoms with Gasteiger partial charge in [-0.2, -0.15) is 13.2 Å². The molecule has 1 unspecified atom stereocenters. The van der Waals surface area contributed by atoms with Crippen molar-refractivity contribution in [3.05, 3.63) is 36.5 Å². The predicted molar refractivity (Wildman–Crippen MR) is 89.1 cm³/mol. The molecule has 4 nitrogen and oxygen atoms in total. The Kier molecular flexibility index (Phi) is 8.21. The van der Waals surface area contributed by atoms with Gasteiger partial charge < -0.3 is 14.5 Å². The van der Waals surface area contributed by atoms with Crippen LogP contribution in [0.2, 0.25) is 0 Å². The van der Waals surface area contributed by atoms with E-state index < -0.39 is 11.9 Å². The Labute approximate surface area is 141 Å². The van der Waals surface area contributed by atoms with Gasteiger partial charge in [0.1, 0.15) is 11.8 Å². The van der Waals surface area contributed by atoms with E-state index in [0.717, 1.165) is 25.6 Å². The fourth-order valence-electron chi connectivity index (χ4n) is 2.11. The summed E-state index contributed by atoms with van der Waals surface area (Å²) in [6.45, 7) is 6.03. The summed E-state index contributed by atoms with van der Waals surface area (Å²) in [5, 5.41) is 0. The van der Waals surface area contributed by atoms with E-state index in [1.54, 1.807) is 6.08 Å². The van der Waals surface area contributed by atoms with Crippen molar-refractivity contribution in [3.8, 4) is 5.88 Å². The minimum absolute atomic E-state index is 0.0000955. The minimum atomic E-state index is -4.47. The Morgan fingerprint density at radius 2 is 1.96 bits per heavy atom. The quantitative estimate of drug-likeness (QED) is 0.609. The molecule has 0 aromatic carbocycles. The lowest BCUT2D eigenvalue weighted by atomic mass is 10.2. The lowest BCUT2D eigenvalue weighted by molar-refractivity contribution is -0.141. The van der Waals surface area contributed by atoms with E-state index in [9.17, 15) is 13.2 Å². The van der Waals surface area contributed by atoms with Crippen LogP contribution in [0.3, 0.4) is 0 Å². The van der Waals surface area contributed by atoms with Crippen LogP contribution in [0.1, 0.15) is 18.5 Å². The number of alkyl halides is 3. The van der Waals surface area contributed by atoms with Crippen molar-refractivity contribution in [1.82, 2.24) is 14.8 Å². The van der Waals surface area contributed by atoms with Crippen LogP contribution >= 0.6 is 0 Å². The first-order chi connectivity index (χ1) is 11.2. The Balaban J connectivity index is 2.73. The maximum atomic E-state index is 12.7. The molecule has 136 valence electrons. The van der Waals surface area contributed by atoms with Gasteiger partial charge in [0.05, 0.1) is 0 Å². The number of halogens is 3. The van der Waals surface area contributed by atoms with Crippen LogP contribution in [0.25, 0.3) is 0 Å². The second-order valence-corrected chi connectivity index (χ2v) is 6.03. The van der Waals surface area contributed by atoms with E-state index in [4.69, 9.17) is 4.74 Å². The van der Waals surface area contributed by atoms with Gasteiger partial charge in [-0.15, -0.1) is 6.58 Å². The molecule has 0 saturated carbocycles. The van der Waals surface area contributed by atoms with Crippen LogP contribution in [0.4, 0.5) is 13.2 Å². The largest absolute Gasteiger partial charge is 0.473 e. The van der Waals surface area contributed by atoms with Crippen molar-refractivity contribution in [2.24, 2.45) is 0 Å². The molecule has 7 heteroatoms. The summed E-state index contributed by atoms with van der Waals surface area (Å²) in [5.74, 6) is -0.0000955. The molecule has 0 N–H and O–H groups in total. The molecular formula is C17H26F3N3O. The standard InChI is InChI=1S/C17H26F3N3O/c1-5-6-8-14(13-23(4)12-11-22(2)3)24-16-10-7-9-15(21-16)17(18,19)20/h5,7,9-10,14H,1,6,8,11-13H2,2-4H3. The highest BCUT2D eigenvalue weighted by molar-refractivity contribution is 5.18. The van der Waals surface area contributed by atoms with Gasteiger partial charge >= 0.3 is 6.18 Å². The highest BCUT2D eigenvalue weighted by atomic mass is 19.4. The van der Waals surface area contributed by atoms with E-state index >= 15 is 0 Å². The lowest BCUT2D eigenvalue weighted by Gasteiger charge is -2.25. The molecule has 0 amide bonds. The Morgan fingerprint density at radius 1 is 1.25 bits per heavy atom. The normalized spacial score (nSPS) is 13.3. The summed E-state index contributed by atoms with van der Waals surface area (Å²) in [6, 6.07) is 3.70. The molecule has 1 aromatic rings. The highest BCUT2D eigenvalue weighted by Gasteiger charge is 2.32. The molecular weight excluding hydrogens is 319 g/mol.